The van der Waals surface area contributed by atoms with Crippen molar-refractivity contribution >= 4 is 5.97 Å². The molecular formula is C10H17NO2. The van der Waals surface area contributed by atoms with E-state index in [1.165, 1.54) is 12.8 Å². The normalized spacial score (nSPS) is 37.0. The number of hydrogen-bond donors (Lipinski definition) is 2. The quantitative estimate of drug-likeness (QED) is 0.648. The van der Waals surface area contributed by atoms with Crippen LogP contribution in [0.15, 0.2) is 0 Å². The van der Waals surface area contributed by atoms with E-state index in [9.17, 15) is 4.79 Å². The molecule has 2 N–H and O–H groups in total. The molecule has 3 heteroatoms. The largest absolute Gasteiger partial charge is 0.480 e. The van der Waals surface area contributed by atoms with Gasteiger partial charge in [0.25, 0.3) is 0 Å². The Morgan fingerprint density at radius 3 is 2.31 bits per heavy atom. The van der Waals surface area contributed by atoms with Crippen LogP contribution in [-0.4, -0.2) is 22.2 Å². The molecule has 2 aliphatic rings. The van der Waals surface area contributed by atoms with Crippen LogP contribution in [0.2, 0.25) is 0 Å². The molecule has 2 fully saturated rings. The maximum Gasteiger partial charge on any atom is 0.323 e. The number of rotatable bonds is 1. The number of aliphatic carboxylic acids is 1. The van der Waals surface area contributed by atoms with Gasteiger partial charge in [0.1, 0.15) is 5.54 Å². The number of carboxylic acid groups (broad SMARTS) is 1. The van der Waals surface area contributed by atoms with Crippen LogP contribution < -0.4 is 5.32 Å². The third-order valence-corrected chi connectivity index (χ3v) is 3.68. The molecule has 1 saturated carbocycles. The van der Waals surface area contributed by atoms with E-state index in [1.54, 1.807) is 0 Å². The van der Waals surface area contributed by atoms with Crippen LogP contribution in [0.3, 0.4) is 0 Å². The van der Waals surface area contributed by atoms with E-state index in [0.717, 1.165) is 25.7 Å². The first-order chi connectivity index (χ1) is 6.06. The predicted octanol–water partition coefficient (Wildman–Crippen LogP) is 1.53. The number of carboxylic acids is 1. The Bertz CT molecular complexity index is 233. The fourth-order valence-electron chi connectivity index (χ4n) is 2.79. The van der Waals surface area contributed by atoms with E-state index in [0.29, 0.717) is 0 Å². The molecule has 1 saturated heterocycles. The van der Waals surface area contributed by atoms with Gasteiger partial charge >= 0.3 is 5.97 Å². The van der Waals surface area contributed by atoms with Crippen molar-refractivity contribution in [3.8, 4) is 0 Å². The molecule has 0 aromatic heterocycles. The van der Waals surface area contributed by atoms with Crippen molar-refractivity contribution in [1.29, 1.82) is 0 Å². The van der Waals surface area contributed by atoms with Crippen LogP contribution in [0.5, 0.6) is 0 Å². The summed E-state index contributed by atoms with van der Waals surface area (Å²) in [7, 11) is 0. The van der Waals surface area contributed by atoms with Gasteiger partial charge in [-0.25, -0.2) is 0 Å². The van der Waals surface area contributed by atoms with Crippen molar-refractivity contribution in [3.63, 3.8) is 0 Å². The highest BCUT2D eigenvalue weighted by molar-refractivity contribution is 5.79. The van der Waals surface area contributed by atoms with Crippen molar-refractivity contribution in [2.75, 3.05) is 0 Å². The summed E-state index contributed by atoms with van der Waals surface area (Å²) in [5, 5.41) is 12.4. The second kappa shape index (κ2) is 2.71. The van der Waals surface area contributed by atoms with Gasteiger partial charge in [0.2, 0.25) is 0 Å². The predicted molar refractivity (Wildman–Crippen MR) is 49.6 cm³/mol. The van der Waals surface area contributed by atoms with E-state index in [4.69, 9.17) is 5.11 Å². The summed E-state index contributed by atoms with van der Waals surface area (Å²) in [6.07, 6.45) is 6.65. The molecule has 1 aliphatic carbocycles. The summed E-state index contributed by atoms with van der Waals surface area (Å²) in [6, 6.07) is 0. The second-order valence-electron chi connectivity index (χ2n) is 4.75. The van der Waals surface area contributed by atoms with Crippen LogP contribution in [0.1, 0.15) is 45.4 Å². The Kier molecular flexibility index (Phi) is 1.88. The molecule has 1 spiro atoms. The molecule has 0 radical (unpaired) electrons. The molecule has 0 aromatic rings. The van der Waals surface area contributed by atoms with Crippen molar-refractivity contribution in [2.24, 2.45) is 0 Å². The fourth-order valence-corrected chi connectivity index (χ4v) is 2.79. The highest BCUT2D eigenvalue weighted by atomic mass is 16.4. The molecular weight excluding hydrogens is 166 g/mol. The molecule has 1 heterocycles. The minimum Gasteiger partial charge on any atom is -0.480 e. The summed E-state index contributed by atoms with van der Waals surface area (Å²) < 4.78 is 0. The lowest BCUT2D eigenvalue weighted by molar-refractivity contribution is -0.143. The average Bonchev–Trinajstić information content (AvgIpc) is 2.62. The van der Waals surface area contributed by atoms with Crippen molar-refractivity contribution in [3.05, 3.63) is 0 Å². The van der Waals surface area contributed by atoms with Crippen LogP contribution in [0.25, 0.3) is 0 Å². The van der Waals surface area contributed by atoms with E-state index in [1.807, 2.05) is 6.92 Å². The van der Waals surface area contributed by atoms with Crippen LogP contribution in [0.4, 0.5) is 0 Å². The lowest BCUT2D eigenvalue weighted by Gasteiger charge is -2.28. The topological polar surface area (TPSA) is 49.3 Å². The van der Waals surface area contributed by atoms with Crippen LogP contribution >= 0.6 is 0 Å². The number of carbonyl (C=O) groups is 1. The Morgan fingerprint density at radius 2 is 1.85 bits per heavy atom. The maximum absolute atomic E-state index is 11.0. The molecule has 0 amide bonds. The highest BCUT2D eigenvalue weighted by Gasteiger charge is 2.49. The number of hydrogen-bond acceptors (Lipinski definition) is 2. The molecule has 0 bridgehead atoms. The Balaban J connectivity index is 2.12. The third kappa shape index (κ3) is 1.35. The first-order valence-corrected chi connectivity index (χ1v) is 5.09. The van der Waals surface area contributed by atoms with E-state index < -0.39 is 11.5 Å². The van der Waals surface area contributed by atoms with Gasteiger partial charge in [0.05, 0.1) is 0 Å². The van der Waals surface area contributed by atoms with Crippen LogP contribution in [0, 0.1) is 0 Å². The van der Waals surface area contributed by atoms with Gasteiger partial charge in [-0.2, -0.15) is 0 Å². The SMILES string of the molecule is CC1(C(=O)O)CCC2(CCCC2)N1. The van der Waals surface area contributed by atoms with Gasteiger partial charge in [-0.3, -0.25) is 10.1 Å². The summed E-state index contributed by atoms with van der Waals surface area (Å²) in [5.74, 6) is -0.698. The zero-order valence-electron chi connectivity index (χ0n) is 8.10. The minimum atomic E-state index is -0.698. The molecule has 1 aliphatic heterocycles. The lowest BCUT2D eigenvalue weighted by Crippen LogP contribution is -2.52. The standard InChI is InChI=1S/C10H17NO2/c1-9(8(12)13)6-7-10(11-9)4-2-3-5-10/h11H,2-7H2,1H3,(H,12,13). The van der Waals surface area contributed by atoms with Gasteiger partial charge in [-0.1, -0.05) is 12.8 Å². The molecule has 1 unspecified atom stereocenters. The van der Waals surface area contributed by atoms with Gasteiger partial charge in [-0.15, -0.1) is 0 Å². The van der Waals surface area contributed by atoms with Gasteiger partial charge in [0.15, 0.2) is 0 Å². The zero-order chi connectivity index (χ0) is 9.53. The van der Waals surface area contributed by atoms with Crippen LogP contribution in [-0.2, 0) is 4.79 Å². The molecule has 2 rings (SSSR count). The van der Waals surface area contributed by atoms with Crippen molar-refractivity contribution < 1.29 is 9.90 Å². The summed E-state index contributed by atoms with van der Waals surface area (Å²) in [4.78, 5) is 11.0. The number of nitrogens with one attached hydrogen (secondary N) is 1. The van der Waals surface area contributed by atoms with Crippen molar-refractivity contribution in [1.82, 2.24) is 5.32 Å². The third-order valence-electron chi connectivity index (χ3n) is 3.68. The summed E-state index contributed by atoms with van der Waals surface area (Å²) in [6.45, 7) is 1.81. The van der Waals surface area contributed by atoms with E-state index >= 15 is 0 Å². The fraction of sp³-hybridized carbons (Fsp3) is 0.900. The Labute approximate surface area is 78.5 Å². The monoisotopic (exact) mass is 183 g/mol. The molecule has 74 valence electrons. The molecule has 0 aromatic carbocycles. The first kappa shape index (κ1) is 9.00. The zero-order valence-corrected chi connectivity index (χ0v) is 8.10. The summed E-state index contributed by atoms with van der Waals surface area (Å²) in [5.41, 5.74) is -0.489. The average molecular weight is 183 g/mol. The van der Waals surface area contributed by atoms with Gasteiger partial charge in [-0.05, 0) is 32.6 Å². The maximum atomic E-state index is 11.0. The van der Waals surface area contributed by atoms with E-state index in [2.05, 4.69) is 5.32 Å². The highest BCUT2D eigenvalue weighted by Crippen LogP contribution is 2.41. The molecule has 3 nitrogen and oxygen atoms in total. The molecule has 13 heavy (non-hydrogen) atoms. The summed E-state index contributed by atoms with van der Waals surface area (Å²) >= 11 is 0. The lowest BCUT2D eigenvalue weighted by atomic mass is 9.95. The minimum absolute atomic E-state index is 0.174. The first-order valence-electron chi connectivity index (χ1n) is 5.09. The van der Waals surface area contributed by atoms with Gasteiger partial charge < -0.3 is 5.11 Å². The smallest absolute Gasteiger partial charge is 0.323 e. The molecule has 1 atom stereocenters. The Hall–Kier alpha value is -0.570. The Morgan fingerprint density at radius 1 is 1.23 bits per heavy atom. The second-order valence-corrected chi connectivity index (χ2v) is 4.75. The van der Waals surface area contributed by atoms with E-state index in [-0.39, 0.29) is 5.54 Å². The van der Waals surface area contributed by atoms with Gasteiger partial charge in [0, 0.05) is 5.54 Å². The van der Waals surface area contributed by atoms with Crippen molar-refractivity contribution in [2.45, 2.75) is 56.5 Å².